The number of nitrogens with zero attached hydrogens (tertiary/aromatic N) is 1. The lowest BCUT2D eigenvalue weighted by Gasteiger charge is -2.29. The lowest BCUT2D eigenvalue weighted by molar-refractivity contribution is -0.121. The predicted molar refractivity (Wildman–Crippen MR) is 82.7 cm³/mol. The first-order chi connectivity index (χ1) is 9.76. The summed E-state index contributed by atoms with van der Waals surface area (Å²) in [7, 11) is 0. The first kappa shape index (κ1) is 15.0. The third kappa shape index (κ3) is 3.58. The molecule has 1 unspecified atom stereocenters. The van der Waals surface area contributed by atoms with Crippen LogP contribution in [-0.2, 0) is 11.2 Å². The first-order valence-electron chi connectivity index (χ1n) is 7.59. The number of nitrogens with two attached hydrogens (primary N) is 1. The zero-order valence-corrected chi connectivity index (χ0v) is 12.3. The lowest BCUT2D eigenvalue weighted by atomic mass is 10.0. The Morgan fingerprint density at radius 2 is 2.15 bits per heavy atom. The minimum atomic E-state index is -0.0334. The van der Waals surface area contributed by atoms with Gasteiger partial charge in [0, 0.05) is 12.2 Å². The molecule has 1 aliphatic heterocycles. The van der Waals surface area contributed by atoms with Crippen LogP contribution in [0, 0.1) is 0 Å². The van der Waals surface area contributed by atoms with E-state index in [0.29, 0.717) is 6.54 Å². The molecule has 0 saturated heterocycles. The molecule has 110 valence electrons. The molecular formula is C16H25N3O. The second-order valence-electron chi connectivity index (χ2n) is 5.38. The van der Waals surface area contributed by atoms with E-state index in [0.717, 1.165) is 44.5 Å². The maximum atomic E-state index is 12.5. The van der Waals surface area contributed by atoms with E-state index in [9.17, 15) is 4.79 Å². The fourth-order valence-corrected chi connectivity index (χ4v) is 2.85. The zero-order valence-electron chi connectivity index (χ0n) is 12.3. The number of hydrogen-bond acceptors (Lipinski definition) is 3. The number of hydrogen-bond donors (Lipinski definition) is 2. The molecule has 1 aromatic carbocycles. The molecule has 2 rings (SSSR count). The van der Waals surface area contributed by atoms with E-state index in [1.54, 1.807) is 0 Å². The Balaban J connectivity index is 2.10. The van der Waals surface area contributed by atoms with Crippen LogP contribution in [-0.4, -0.2) is 36.5 Å². The monoisotopic (exact) mass is 275 g/mol. The van der Waals surface area contributed by atoms with Crippen molar-refractivity contribution in [2.75, 3.05) is 25.0 Å². The average Bonchev–Trinajstić information content (AvgIpc) is 2.62. The minimum absolute atomic E-state index is 0.0334. The van der Waals surface area contributed by atoms with E-state index in [-0.39, 0.29) is 11.9 Å². The van der Waals surface area contributed by atoms with Crippen LogP contribution in [0.25, 0.3) is 0 Å². The number of fused-ring (bicyclic) bond motifs is 1. The summed E-state index contributed by atoms with van der Waals surface area (Å²) < 4.78 is 0. The molecule has 20 heavy (non-hydrogen) atoms. The number of nitrogens with one attached hydrogen (secondary N) is 1. The van der Waals surface area contributed by atoms with Crippen LogP contribution in [0.5, 0.6) is 0 Å². The molecule has 1 aliphatic rings. The van der Waals surface area contributed by atoms with Gasteiger partial charge in [-0.25, -0.2) is 0 Å². The van der Waals surface area contributed by atoms with Crippen molar-refractivity contribution in [2.24, 2.45) is 5.73 Å². The Labute approximate surface area is 121 Å². The van der Waals surface area contributed by atoms with Crippen molar-refractivity contribution < 1.29 is 4.79 Å². The highest BCUT2D eigenvalue weighted by atomic mass is 16.2. The van der Waals surface area contributed by atoms with Gasteiger partial charge < -0.3 is 11.1 Å². The Kier molecular flexibility index (Phi) is 5.56. The van der Waals surface area contributed by atoms with Gasteiger partial charge in [-0.05, 0) is 50.4 Å². The summed E-state index contributed by atoms with van der Waals surface area (Å²) in [6.45, 7) is 4.68. The van der Waals surface area contributed by atoms with Gasteiger partial charge >= 0.3 is 0 Å². The van der Waals surface area contributed by atoms with E-state index < -0.39 is 0 Å². The summed E-state index contributed by atoms with van der Waals surface area (Å²) >= 11 is 0. The van der Waals surface area contributed by atoms with Crippen molar-refractivity contribution in [3.05, 3.63) is 29.8 Å². The van der Waals surface area contributed by atoms with Gasteiger partial charge in [0.1, 0.15) is 0 Å². The molecule has 0 aliphatic carbocycles. The molecule has 0 spiro atoms. The highest BCUT2D eigenvalue weighted by Crippen LogP contribution is 2.23. The van der Waals surface area contributed by atoms with Gasteiger partial charge in [-0.2, -0.15) is 0 Å². The Morgan fingerprint density at radius 1 is 1.35 bits per heavy atom. The average molecular weight is 275 g/mol. The molecule has 4 heteroatoms. The molecule has 0 aromatic heterocycles. The molecule has 1 aromatic rings. The molecule has 3 N–H and O–H groups in total. The Hall–Kier alpha value is -1.39. The fourth-order valence-electron chi connectivity index (χ4n) is 2.85. The van der Waals surface area contributed by atoms with Crippen molar-refractivity contribution in [2.45, 2.75) is 38.6 Å². The summed E-state index contributed by atoms with van der Waals surface area (Å²) in [6, 6.07) is 8.05. The highest BCUT2D eigenvalue weighted by molar-refractivity contribution is 5.96. The van der Waals surface area contributed by atoms with Crippen LogP contribution in [0.4, 0.5) is 5.69 Å². The molecule has 0 radical (unpaired) electrons. The fraction of sp³-hybridized carbons (Fsp3) is 0.562. The largest absolute Gasteiger partial charge is 0.330 e. The molecule has 0 saturated carbocycles. The zero-order chi connectivity index (χ0) is 14.4. The number of benzene rings is 1. The van der Waals surface area contributed by atoms with Crippen molar-refractivity contribution in [3.8, 4) is 0 Å². The minimum Gasteiger partial charge on any atom is -0.330 e. The maximum absolute atomic E-state index is 12.5. The van der Waals surface area contributed by atoms with Gasteiger partial charge in [-0.1, -0.05) is 25.1 Å². The second kappa shape index (κ2) is 7.41. The number of carbonyl (C=O) groups excluding carboxylic acids is 1. The summed E-state index contributed by atoms with van der Waals surface area (Å²) in [6.07, 6.45) is 3.83. The molecular weight excluding hydrogens is 250 g/mol. The Morgan fingerprint density at radius 3 is 2.90 bits per heavy atom. The van der Waals surface area contributed by atoms with Crippen molar-refractivity contribution >= 4 is 11.6 Å². The smallest absolute Gasteiger partial charge is 0.241 e. The SMILES string of the molecule is CCCN(CCCN)C1CCc2ccccc2NC1=O. The van der Waals surface area contributed by atoms with Crippen molar-refractivity contribution in [3.63, 3.8) is 0 Å². The van der Waals surface area contributed by atoms with Gasteiger partial charge in [-0.15, -0.1) is 0 Å². The van der Waals surface area contributed by atoms with Crippen molar-refractivity contribution in [1.29, 1.82) is 0 Å². The van der Waals surface area contributed by atoms with Crippen LogP contribution in [0.15, 0.2) is 24.3 Å². The standard InChI is InChI=1S/C16H25N3O/c1-2-11-19(12-5-10-17)15-9-8-13-6-3-4-7-14(13)18-16(15)20/h3-4,6-7,15H,2,5,8-12,17H2,1H3,(H,18,20). The third-order valence-corrected chi connectivity index (χ3v) is 3.87. The molecule has 1 amide bonds. The summed E-state index contributed by atoms with van der Waals surface area (Å²) in [5, 5.41) is 3.08. The second-order valence-corrected chi connectivity index (χ2v) is 5.38. The molecule has 4 nitrogen and oxygen atoms in total. The van der Waals surface area contributed by atoms with Gasteiger partial charge in [0.15, 0.2) is 0 Å². The highest BCUT2D eigenvalue weighted by Gasteiger charge is 2.28. The van der Waals surface area contributed by atoms with Gasteiger partial charge in [0.05, 0.1) is 6.04 Å². The Bertz CT molecular complexity index is 447. The van der Waals surface area contributed by atoms with E-state index in [2.05, 4.69) is 23.2 Å². The number of carbonyl (C=O) groups is 1. The van der Waals surface area contributed by atoms with Gasteiger partial charge in [-0.3, -0.25) is 9.69 Å². The van der Waals surface area contributed by atoms with Crippen LogP contribution in [0.3, 0.4) is 0 Å². The van der Waals surface area contributed by atoms with Gasteiger partial charge in [0.2, 0.25) is 5.91 Å². The molecule has 1 atom stereocenters. The van der Waals surface area contributed by atoms with E-state index in [1.807, 2.05) is 18.2 Å². The number of anilines is 1. The van der Waals surface area contributed by atoms with Crippen LogP contribution in [0.2, 0.25) is 0 Å². The number of para-hydroxylation sites is 1. The van der Waals surface area contributed by atoms with E-state index in [4.69, 9.17) is 5.73 Å². The topological polar surface area (TPSA) is 58.4 Å². The molecule has 0 bridgehead atoms. The summed E-state index contributed by atoms with van der Waals surface area (Å²) in [4.78, 5) is 14.8. The van der Waals surface area contributed by atoms with Crippen LogP contribution >= 0.6 is 0 Å². The molecule has 1 heterocycles. The number of rotatable bonds is 6. The van der Waals surface area contributed by atoms with E-state index in [1.165, 1.54) is 5.56 Å². The normalized spacial score (nSPS) is 18.6. The molecule has 0 fully saturated rings. The van der Waals surface area contributed by atoms with Crippen LogP contribution < -0.4 is 11.1 Å². The van der Waals surface area contributed by atoms with Crippen LogP contribution in [0.1, 0.15) is 31.7 Å². The number of amides is 1. The quantitative estimate of drug-likeness (QED) is 0.835. The predicted octanol–water partition coefficient (Wildman–Crippen LogP) is 2.00. The lowest BCUT2D eigenvalue weighted by Crippen LogP contribution is -2.44. The summed E-state index contributed by atoms with van der Waals surface area (Å²) in [5.41, 5.74) is 7.81. The number of aryl methyl sites for hydroxylation is 1. The first-order valence-corrected chi connectivity index (χ1v) is 7.59. The maximum Gasteiger partial charge on any atom is 0.241 e. The van der Waals surface area contributed by atoms with E-state index >= 15 is 0 Å². The van der Waals surface area contributed by atoms with Crippen molar-refractivity contribution in [1.82, 2.24) is 4.90 Å². The van der Waals surface area contributed by atoms with Gasteiger partial charge in [0.25, 0.3) is 0 Å². The summed E-state index contributed by atoms with van der Waals surface area (Å²) in [5.74, 6) is 0.125. The third-order valence-electron chi connectivity index (χ3n) is 3.87.